The molecule has 7 heteroatoms. The number of rotatable bonds is 8. The molecule has 1 atom stereocenters. The highest BCUT2D eigenvalue weighted by Gasteiger charge is 2.34. The van der Waals surface area contributed by atoms with E-state index in [2.05, 4.69) is 26.1 Å². The van der Waals surface area contributed by atoms with Crippen LogP contribution in [0.2, 0.25) is 0 Å². The summed E-state index contributed by atoms with van der Waals surface area (Å²) in [5, 5.41) is 3.51. The fourth-order valence-electron chi connectivity index (χ4n) is 4.89. The normalized spacial score (nSPS) is 15.2. The molecule has 4 rings (SSSR count). The van der Waals surface area contributed by atoms with Crippen molar-refractivity contribution in [2.24, 2.45) is 11.3 Å². The molecule has 0 spiro atoms. The van der Waals surface area contributed by atoms with E-state index >= 15 is 0 Å². The second kappa shape index (κ2) is 10.6. The van der Waals surface area contributed by atoms with Gasteiger partial charge >= 0.3 is 5.97 Å². The third kappa shape index (κ3) is 5.15. The van der Waals surface area contributed by atoms with Gasteiger partial charge in [-0.25, -0.2) is 4.79 Å². The van der Waals surface area contributed by atoms with Crippen molar-refractivity contribution in [2.45, 2.75) is 46.5 Å². The summed E-state index contributed by atoms with van der Waals surface area (Å²) >= 11 is 0. The fourth-order valence-corrected chi connectivity index (χ4v) is 4.89. The number of nitrogens with zero attached hydrogens (tertiary/aromatic N) is 1. The first-order valence-corrected chi connectivity index (χ1v) is 12.4. The molecule has 0 saturated heterocycles. The van der Waals surface area contributed by atoms with Crippen molar-refractivity contribution in [3.8, 4) is 11.5 Å². The summed E-state index contributed by atoms with van der Waals surface area (Å²) in [6.45, 7) is 6.38. The molecule has 3 aromatic rings. The van der Waals surface area contributed by atoms with Crippen molar-refractivity contribution in [2.75, 3.05) is 26.1 Å². The van der Waals surface area contributed by atoms with E-state index in [1.807, 2.05) is 24.3 Å². The Kier molecular flexibility index (Phi) is 7.48. The van der Waals surface area contributed by atoms with Crippen LogP contribution in [0.4, 0.5) is 5.69 Å². The molecule has 2 aromatic carbocycles. The van der Waals surface area contributed by atoms with E-state index in [1.165, 1.54) is 7.11 Å². The summed E-state index contributed by atoms with van der Waals surface area (Å²) < 4.78 is 16.1. The maximum absolute atomic E-state index is 13.4. The number of methoxy groups -OCH3 is 2. The molecule has 1 aliphatic carbocycles. The van der Waals surface area contributed by atoms with Gasteiger partial charge in [0.25, 0.3) is 5.91 Å². The number of anilines is 1. The zero-order chi connectivity index (χ0) is 25.9. The summed E-state index contributed by atoms with van der Waals surface area (Å²) in [5.41, 5.74) is 3.89. The number of amides is 1. The number of carbonyl (C=O) groups is 2. The molecular weight excluding hydrogens is 456 g/mol. The number of esters is 1. The van der Waals surface area contributed by atoms with Crippen LogP contribution in [0.5, 0.6) is 11.5 Å². The third-order valence-corrected chi connectivity index (χ3v) is 7.48. The number of hydrogen-bond acceptors (Lipinski definition) is 6. The molecule has 7 nitrogen and oxygen atoms in total. The predicted molar refractivity (Wildman–Crippen MR) is 140 cm³/mol. The Hall–Kier alpha value is -3.61. The average molecular weight is 491 g/mol. The Morgan fingerprint density at radius 2 is 1.83 bits per heavy atom. The lowest BCUT2D eigenvalue weighted by molar-refractivity contribution is -0.119. The fraction of sp³-hybridized carbons (Fsp3) is 0.414. The van der Waals surface area contributed by atoms with Gasteiger partial charge in [-0.05, 0) is 54.4 Å². The number of pyridine rings is 1. The van der Waals surface area contributed by atoms with Gasteiger partial charge in [-0.15, -0.1) is 0 Å². The van der Waals surface area contributed by atoms with Crippen LogP contribution < -0.4 is 14.8 Å². The number of nitrogens with one attached hydrogen (secondary N) is 1. The number of para-hydroxylation sites is 1. The number of hydrogen-bond donors (Lipinski definition) is 1. The quantitative estimate of drug-likeness (QED) is 0.414. The van der Waals surface area contributed by atoms with Gasteiger partial charge in [0.2, 0.25) is 0 Å². The second-order valence-corrected chi connectivity index (χ2v) is 9.91. The SMILES string of the molecule is CCC(C)(C)C1CCc2nc3ccccc3c(C(=O)OCC(=O)Nc3ccc(OC)c(OC)c3)c2C1. The summed E-state index contributed by atoms with van der Waals surface area (Å²) in [6, 6.07) is 12.7. The van der Waals surface area contributed by atoms with Crippen LogP contribution >= 0.6 is 0 Å². The Bertz CT molecular complexity index is 1280. The summed E-state index contributed by atoms with van der Waals surface area (Å²) in [4.78, 5) is 30.9. The molecule has 0 aliphatic heterocycles. The summed E-state index contributed by atoms with van der Waals surface area (Å²) in [7, 11) is 3.07. The van der Waals surface area contributed by atoms with Crippen LogP contribution in [0.1, 0.15) is 55.2 Å². The maximum atomic E-state index is 13.4. The third-order valence-electron chi connectivity index (χ3n) is 7.48. The lowest BCUT2D eigenvalue weighted by atomic mass is 9.68. The van der Waals surface area contributed by atoms with E-state index in [-0.39, 0.29) is 5.41 Å². The first-order chi connectivity index (χ1) is 17.3. The van der Waals surface area contributed by atoms with E-state index in [0.29, 0.717) is 28.7 Å². The van der Waals surface area contributed by atoms with Crippen molar-refractivity contribution in [1.82, 2.24) is 4.98 Å². The van der Waals surface area contributed by atoms with Gasteiger partial charge in [0, 0.05) is 22.8 Å². The average Bonchev–Trinajstić information content (AvgIpc) is 2.89. The van der Waals surface area contributed by atoms with E-state index in [9.17, 15) is 9.59 Å². The van der Waals surface area contributed by atoms with Crippen LogP contribution in [-0.2, 0) is 22.4 Å². The van der Waals surface area contributed by atoms with Crippen LogP contribution in [0.25, 0.3) is 10.9 Å². The van der Waals surface area contributed by atoms with Crippen molar-refractivity contribution >= 4 is 28.5 Å². The van der Waals surface area contributed by atoms with Gasteiger partial charge in [-0.1, -0.05) is 45.4 Å². The number of fused-ring (bicyclic) bond motifs is 2. The first-order valence-electron chi connectivity index (χ1n) is 12.4. The number of ether oxygens (including phenoxy) is 3. The zero-order valence-corrected chi connectivity index (χ0v) is 21.6. The topological polar surface area (TPSA) is 86.8 Å². The molecule has 0 fully saturated rings. The summed E-state index contributed by atoms with van der Waals surface area (Å²) in [6.07, 6.45) is 3.70. The molecule has 0 radical (unpaired) electrons. The highest BCUT2D eigenvalue weighted by Crippen LogP contribution is 2.41. The molecule has 1 aromatic heterocycles. The van der Waals surface area contributed by atoms with E-state index < -0.39 is 18.5 Å². The van der Waals surface area contributed by atoms with Crippen LogP contribution in [0, 0.1) is 11.3 Å². The standard InChI is InChI=1S/C29H34N2O5/c1-6-29(2,3)18-11-13-23-21(15-18)27(20-9-7-8-10-22(20)31-23)28(33)36-17-26(32)30-19-12-14-24(34-4)25(16-19)35-5/h7-10,12,14,16,18H,6,11,13,15,17H2,1-5H3,(H,30,32). The van der Waals surface area contributed by atoms with Crippen molar-refractivity contribution in [3.05, 3.63) is 59.3 Å². The first kappa shape index (κ1) is 25.5. The van der Waals surface area contributed by atoms with E-state index in [4.69, 9.17) is 19.2 Å². The molecular formula is C29H34N2O5. The zero-order valence-electron chi connectivity index (χ0n) is 21.6. The Morgan fingerprint density at radius 3 is 2.56 bits per heavy atom. The molecule has 190 valence electrons. The second-order valence-electron chi connectivity index (χ2n) is 9.91. The van der Waals surface area contributed by atoms with Gasteiger partial charge in [0.05, 0.1) is 25.3 Å². The van der Waals surface area contributed by atoms with Crippen molar-refractivity contribution in [1.29, 1.82) is 0 Å². The maximum Gasteiger partial charge on any atom is 0.339 e. The number of carbonyl (C=O) groups excluding carboxylic acids is 2. The molecule has 1 aliphatic rings. The molecule has 36 heavy (non-hydrogen) atoms. The van der Waals surface area contributed by atoms with Crippen LogP contribution in [0.15, 0.2) is 42.5 Å². The van der Waals surface area contributed by atoms with Gasteiger partial charge in [-0.2, -0.15) is 0 Å². The molecule has 1 unspecified atom stereocenters. The largest absolute Gasteiger partial charge is 0.493 e. The molecule has 0 saturated carbocycles. The minimum atomic E-state index is -0.498. The predicted octanol–water partition coefficient (Wildman–Crippen LogP) is 5.59. The molecule has 1 amide bonds. The highest BCUT2D eigenvalue weighted by molar-refractivity contribution is 6.06. The van der Waals surface area contributed by atoms with E-state index in [1.54, 1.807) is 25.3 Å². The molecule has 0 bridgehead atoms. The van der Waals surface area contributed by atoms with Gasteiger partial charge in [-0.3, -0.25) is 9.78 Å². The lowest BCUT2D eigenvalue weighted by Crippen LogP contribution is -2.31. The van der Waals surface area contributed by atoms with Crippen molar-refractivity contribution in [3.63, 3.8) is 0 Å². The number of aromatic nitrogens is 1. The van der Waals surface area contributed by atoms with Gasteiger partial charge in [0.1, 0.15) is 0 Å². The van der Waals surface area contributed by atoms with Gasteiger partial charge in [0.15, 0.2) is 18.1 Å². The Balaban J connectivity index is 1.56. The number of aryl methyl sites for hydroxylation is 1. The lowest BCUT2D eigenvalue weighted by Gasteiger charge is -2.37. The smallest absolute Gasteiger partial charge is 0.339 e. The van der Waals surface area contributed by atoms with Gasteiger partial charge < -0.3 is 19.5 Å². The highest BCUT2D eigenvalue weighted by atomic mass is 16.5. The minimum Gasteiger partial charge on any atom is -0.493 e. The molecule has 1 heterocycles. The molecule has 1 N–H and O–H groups in total. The van der Waals surface area contributed by atoms with Crippen molar-refractivity contribution < 1.29 is 23.8 Å². The Labute approximate surface area is 212 Å². The number of benzene rings is 2. The van der Waals surface area contributed by atoms with E-state index in [0.717, 1.165) is 47.8 Å². The summed E-state index contributed by atoms with van der Waals surface area (Å²) in [5.74, 6) is 0.556. The van der Waals surface area contributed by atoms with Crippen LogP contribution in [0.3, 0.4) is 0 Å². The van der Waals surface area contributed by atoms with Crippen LogP contribution in [-0.4, -0.2) is 37.7 Å². The minimum absolute atomic E-state index is 0.157. The monoisotopic (exact) mass is 490 g/mol. The Morgan fingerprint density at radius 1 is 1.08 bits per heavy atom.